The van der Waals surface area contributed by atoms with Gasteiger partial charge >= 0.3 is 0 Å². The predicted octanol–water partition coefficient (Wildman–Crippen LogP) is 3.79. The van der Waals surface area contributed by atoms with Gasteiger partial charge in [0.2, 0.25) is 5.69 Å². The molecule has 0 radical (unpaired) electrons. The third-order valence-corrected chi connectivity index (χ3v) is 9.69. The molecule has 104 valence electrons. The molecule has 0 heterocycles. The molecule has 0 aromatic heterocycles. The van der Waals surface area contributed by atoms with Crippen LogP contribution in [0.5, 0.6) is 0 Å². The third-order valence-electron chi connectivity index (χ3n) is 2.94. The molecule has 1 unspecified atom stereocenters. The van der Waals surface area contributed by atoms with Crippen LogP contribution in [0, 0.1) is 0 Å². The molecule has 1 aromatic rings. The average molecular weight is 306 g/mol. The van der Waals surface area contributed by atoms with Crippen LogP contribution in [0.4, 0.5) is 0 Å². The van der Waals surface area contributed by atoms with Gasteiger partial charge in [0.25, 0.3) is 0 Å². The van der Waals surface area contributed by atoms with Crippen molar-refractivity contribution < 1.29 is 9.79 Å². The SMILES string of the molecule is CCCc1cccc(S(C)=P(O)(O)S)c1CCC. The van der Waals surface area contributed by atoms with Crippen molar-refractivity contribution >= 4 is 28.0 Å². The van der Waals surface area contributed by atoms with E-state index in [1.165, 1.54) is 11.1 Å². The van der Waals surface area contributed by atoms with Crippen LogP contribution in [-0.4, -0.2) is 16.0 Å². The fourth-order valence-electron chi connectivity index (χ4n) is 2.06. The summed E-state index contributed by atoms with van der Waals surface area (Å²) in [5.74, 6) is 0. The van der Waals surface area contributed by atoms with Gasteiger partial charge in [0.15, 0.2) is 0 Å². The van der Waals surface area contributed by atoms with Crippen LogP contribution < -0.4 is 0 Å². The molecular weight excluding hydrogens is 283 g/mol. The lowest BCUT2D eigenvalue weighted by Gasteiger charge is -2.18. The molecule has 5 heteroatoms. The number of hydrogen-bond donors (Lipinski definition) is 3. The monoisotopic (exact) mass is 306 g/mol. The summed E-state index contributed by atoms with van der Waals surface area (Å²) >= 11 is 4.00. The van der Waals surface area contributed by atoms with E-state index in [-0.39, 0.29) is 0 Å². The van der Waals surface area contributed by atoms with Crippen LogP contribution in [0.1, 0.15) is 37.8 Å². The van der Waals surface area contributed by atoms with Crippen LogP contribution >= 0.6 is 17.9 Å². The first-order valence-electron chi connectivity index (χ1n) is 6.26. The first-order valence-corrected chi connectivity index (χ1v) is 11.3. The van der Waals surface area contributed by atoms with Crippen molar-refractivity contribution in [1.82, 2.24) is 0 Å². The van der Waals surface area contributed by atoms with E-state index >= 15 is 0 Å². The Labute approximate surface area is 118 Å². The summed E-state index contributed by atoms with van der Waals surface area (Å²) in [5.41, 5.74) is -0.450. The highest BCUT2D eigenvalue weighted by Gasteiger charge is 2.14. The van der Waals surface area contributed by atoms with Crippen molar-refractivity contribution in [2.75, 3.05) is 6.26 Å². The van der Waals surface area contributed by atoms with Crippen molar-refractivity contribution in [3.8, 4) is 0 Å². The minimum absolute atomic E-state index is 0.591. The number of benzene rings is 1. The highest BCUT2D eigenvalue weighted by molar-refractivity contribution is 8.65. The number of aryl methyl sites for hydroxylation is 1. The van der Waals surface area contributed by atoms with Crippen LogP contribution in [0.3, 0.4) is 0 Å². The first kappa shape index (κ1) is 16.3. The summed E-state index contributed by atoms with van der Waals surface area (Å²) in [6.45, 7) is 4.32. The Morgan fingerprint density at radius 3 is 2.28 bits per heavy atom. The predicted molar refractivity (Wildman–Crippen MR) is 86.3 cm³/mol. The maximum absolute atomic E-state index is 9.80. The maximum atomic E-state index is 9.80. The van der Waals surface area contributed by atoms with Crippen LogP contribution in [-0.2, 0) is 22.9 Å². The van der Waals surface area contributed by atoms with Gasteiger partial charge in [0.05, 0.1) is 0 Å². The standard InChI is InChI=1S/C13H23O2PS2/c1-4-7-11-9-6-10-13(12(11)8-5-2)18(3)16(14,15)17/h6,9-10,14-15,17H,4-5,7-8H2,1-3H3. The zero-order valence-corrected chi connectivity index (χ0v) is 13.9. The van der Waals surface area contributed by atoms with E-state index in [0.717, 1.165) is 30.6 Å². The largest absolute Gasteiger partial charge is 0.341 e. The molecule has 0 bridgehead atoms. The van der Waals surface area contributed by atoms with Gasteiger partial charge in [-0.3, -0.25) is 0 Å². The summed E-state index contributed by atoms with van der Waals surface area (Å²) < 4.78 is 0. The molecular formula is C13H23O2PS2. The summed E-state index contributed by atoms with van der Waals surface area (Å²) in [6.07, 6.45) is 6.10. The van der Waals surface area contributed by atoms with Crippen LogP contribution in [0.15, 0.2) is 23.1 Å². The van der Waals surface area contributed by atoms with Gasteiger partial charge in [-0.15, -0.1) is 10.1 Å². The molecule has 0 aliphatic carbocycles. The molecule has 0 spiro atoms. The van der Waals surface area contributed by atoms with Crippen molar-refractivity contribution in [1.29, 1.82) is 0 Å². The fraction of sp³-hybridized carbons (Fsp3) is 0.538. The van der Waals surface area contributed by atoms with E-state index in [2.05, 4.69) is 32.2 Å². The second-order valence-electron chi connectivity index (χ2n) is 4.39. The molecule has 18 heavy (non-hydrogen) atoms. The second-order valence-corrected chi connectivity index (χ2v) is 12.5. The maximum Gasteiger partial charge on any atom is 0.202 e. The number of hydrogen-bond acceptors (Lipinski definition) is 0. The van der Waals surface area contributed by atoms with Gasteiger partial charge in [-0.1, -0.05) is 51.1 Å². The lowest BCUT2D eigenvalue weighted by atomic mass is 10.00. The van der Waals surface area contributed by atoms with E-state index in [9.17, 15) is 9.79 Å². The Balaban J connectivity index is 3.40. The van der Waals surface area contributed by atoms with E-state index in [0.29, 0.717) is 0 Å². The Morgan fingerprint density at radius 2 is 1.78 bits per heavy atom. The van der Waals surface area contributed by atoms with Gasteiger partial charge in [-0.05, 0) is 36.3 Å². The Morgan fingerprint density at radius 1 is 1.17 bits per heavy atom. The van der Waals surface area contributed by atoms with E-state index in [1.807, 2.05) is 18.4 Å². The number of thiol groups is 1. The zero-order valence-electron chi connectivity index (χ0n) is 11.3. The van der Waals surface area contributed by atoms with Crippen molar-refractivity contribution in [3.05, 3.63) is 29.3 Å². The van der Waals surface area contributed by atoms with Gasteiger partial charge < -0.3 is 9.79 Å². The summed E-state index contributed by atoms with van der Waals surface area (Å²) in [6, 6.07) is 6.19. The molecule has 2 N–H and O–H groups in total. The molecule has 2 nitrogen and oxygen atoms in total. The average Bonchev–Trinajstić information content (AvgIpc) is 2.30. The number of rotatable bonds is 5. The smallest absolute Gasteiger partial charge is 0.202 e. The highest BCUT2D eigenvalue weighted by atomic mass is 32.9. The molecule has 1 rings (SSSR count). The Hall–Kier alpha value is 0.270. The lowest BCUT2D eigenvalue weighted by molar-refractivity contribution is 0.502. The van der Waals surface area contributed by atoms with Crippen molar-refractivity contribution in [2.24, 2.45) is 0 Å². The first-order chi connectivity index (χ1) is 8.41. The van der Waals surface area contributed by atoms with Crippen LogP contribution in [0.2, 0.25) is 0 Å². The summed E-state index contributed by atoms with van der Waals surface area (Å²) in [5, 5.41) is 0. The highest BCUT2D eigenvalue weighted by Crippen LogP contribution is 2.49. The second kappa shape index (κ2) is 7.16. The normalized spacial score (nSPS) is 13.7. The van der Waals surface area contributed by atoms with E-state index in [4.69, 9.17) is 0 Å². The summed E-state index contributed by atoms with van der Waals surface area (Å²) in [4.78, 5) is 20.7. The van der Waals surface area contributed by atoms with Crippen molar-refractivity contribution in [2.45, 2.75) is 44.4 Å². The van der Waals surface area contributed by atoms with Gasteiger partial charge in [0.1, 0.15) is 0 Å². The molecule has 1 atom stereocenters. The molecule has 0 aliphatic rings. The third kappa shape index (κ3) is 4.14. The molecule has 0 saturated heterocycles. The fourth-order valence-corrected chi connectivity index (χ4v) is 5.28. The Kier molecular flexibility index (Phi) is 6.49. The van der Waals surface area contributed by atoms with E-state index < -0.39 is 15.8 Å². The topological polar surface area (TPSA) is 40.5 Å². The molecule has 1 aromatic carbocycles. The van der Waals surface area contributed by atoms with Gasteiger partial charge in [-0.2, -0.15) is 0 Å². The molecule has 0 saturated carbocycles. The van der Waals surface area contributed by atoms with Gasteiger partial charge in [0, 0.05) is 4.90 Å². The lowest BCUT2D eigenvalue weighted by Crippen LogP contribution is -2.02. The summed E-state index contributed by atoms with van der Waals surface area (Å²) in [7, 11) is -0.591. The molecule has 0 aliphatic heterocycles. The minimum atomic E-state index is -3.10. The van der Waals surface area contributed by atoms with E-state index in [1.54, 1.807) is 0 Å². The quantitative estimate of drug-likeness (QED) is 0.572. The van der Waals surface area contributed by atoms with Gasteiger partial charge in [-0.25, -0.2) is 0 Å². The van der Waals surface area contributed by atoms with Crippen molar-refractivity contribution in [3.63, 3.8) is 0 Å². The molecule has 0 fully saturated rings. The minimum Gasteiger partial charge on any atom is -0.341 e. The zero-order chi connectivity index (χ0) is 13.8. The molecule has 0 amide bonds. The van der Waals surface area contributed by atoms with Crippen LogP contribution in [0.25, 0.3) is 0 Å². The Bertz CT molecular complexity index is 458.